The maximum absolute atomic E-state index is 4.98. The largest absolute Gasteiger partial charge is 0.339 e. The first-order chi connectivity index (χ1) is 8.33. The standard InChI is InChI=1S/C13H11N3O/c1-10-14-13(15-17-10)11-5-4-6-12(9-11)16-7-2-3-8-16/h2-9H,1H3. The molecule has 2 aromatic heterocycles. The Morgan fingerprint density at radius 1 is 1.12 bits per heavy atom. The van der Waals surface area contributed by atoms with Gasteiger partial charge in [0.05, 0.1) is 0 Å². The molecule has 0 bridgehead atoms. The Labute approximate surface area is 98.5 Å². The highest BCUT2D eigenvalue weighted by molar-refractivity contribution is 5.58. The van der Waals surface area contributed by atoms with Crippen LogP contribution in [0.1, 0.15) is 5.89 Å². The minimum absolute atomic E-state index is 0.575. The van der Waals surface area contributed by atoms with E-state index in [1.807, 2.05) is 53.4 Å². The van der Waals surface area contributed by atoms with Crippen LogP contribution in [0.2, 0.25) is 0 Å². The van der Waals surface area contributed by atoms with Crippen LogP contribution in [0.15, 0.2) is 53.3 Å². The van der Waals surface area contributed by atoms with Crippen LogP contribution in [-0.4, -0.2) is 14.7 Å². The first-order valence-corrected chi connectivity index (χ1v) is 5.37. The number of rotatable bonds is 2. The topological polar surface area (TPSA) is 43.9 Å². The molecule has 0 N–H and O–H groups in total. The van der Waals surface area contributed by atoms with Crippen LogP contribution in [0.3, 0.4) is 0 Å². The molecule has 0 aliphatic heterocycles. The SMILES string of the molecule is Cc1nc(-c2cccc(-n3cccc3)c2)no1. The van der Waals surface area contributed by atoms with E-state index in [-0.39, 0.29) is 0 Å². The first kappa shape index (κ1) is 9.84. The molecule has 4 nitrogen and oxygen atoms in total. The molecule has 4 heteroatoms. The first-order valence-electron chi connectivity index (χ1n) is 5.37. The summed E-state index contributed by atoms with van der Waals surface area (Å²) >= 11 is 0. The molecule has 0 spiro atoms. The highest BCUT2D eigenvalue weighted by Crippen LogP contribution is 2.19. The molecule has 3 rings (SSSR count). The number of aromatic nitrogens is 3. The molecule has 84 valence electrons. The lowest BCUT2D eigenvalue weighted by atomic mass is 10.2. The minimum Gasteiger partial charge on any atom is -0.339 e. The molecule has 0 aliphatic carbocycles. The molecular weight excluding hydrogens is 214 g/mol. The van der Waals surface area contributed by atoms with Crippen LogP contribution < -0.4 is 0 Å². The molecule has 1 aromatic carbocycles. The van der Waals surface area contributed by atoms with E-state index in [0.29, 0.717) is 11.7 Å². The zero-order chi connectivity index (χ0) is 11.7. The van der Waals surface area contributed by atoms with Gasteiger partial charge in [-0.1, -0.05) is 17.3 Å². The number of benzene rings is 1. The van der Waals surface area contributed by atoms with Gasteiger partial charge in [0.1, 0.15) is 0 Å². The Morgan fingerprint density at radius 2 is 1.94 bits per heavy atom. The number of hydrogen-bond donors (Lipinski definition) is 0. The molecule has 17 heavy (non-hydrogen) atoms. The van der Waals surface area contributed by atoms with Gasteiger partial charge in [0, 0.05) is 30.6 Å². The van der Waals surface area contributed by atoms with E-state index in [1.54, 1.807) is 6.92 Å². The van der Waals surface area contributed by atoms with Gasteiger partial charge in [0.25, 0.3) is 0 Å². The quantitative estimate of drug-likeness (QED) is 0.673. The van der Waals surface area contributed by atoms with Crippen molar-refractivity contribution in [3.63, 3.8) is 0 Å². The molecule has 3 aromatic rings. The summed E-state index contributed by atoms with van der Waals surface area (Å²) in [6.45, 7) is 1.78. The summed E-state index contributed by atoms with van der Waals surface area (Å²) < 4.78 is 7.02. The van der Waals surface area contributed by atoms with Gasteiger partial charge in [-0.3, -0.25) is 0 Å². The van der Waals surface area contributed by atoms with Crippen LogP contribution in [0.5, 0.6) is 0 Å². The fourth-order valence-electron chi connectivity index (χ4n) is 1.73. The fraction of sp³-hybridized carbons (Fsp3) is 0.0769. The van der Waals surface area contributed by atoms with E-state index >= 15 is 0 Å². The van der Waals surface area contributed by atoms with Crippen LogP contribution in [-0.2, 0) is 0 Å². The van der Waals surface area contributed by atoms with Crippen LogP contribution in [0.4, 0.5) is 0 Å². The zero-order valence-electron chi connectivity index (χ0n) is 9.37. The molecule has 0 saturated heterocycles. The van der Waals surface area contributed by atoms with Gasteiger partial charge in [-0.2, -0.15) is 4.98 Å². The molecule has 0 unspecified atom stereocenters. The van der Waals surface area contributed by atoms with Crippen molar-refractivity contribution in [1.29, 1.82) is 0 Å². The highest BCUT2D eigenvalue weighted by atomic mass is 16.5. The molecule has 0 radical (unpaired) electrons. The van der Waals surface area contributed by atoms with Crippen LogP contribution in [0, 0.1) is 6.92 Å². The van der Waals surface area contributed by atoms with Crippen molar-refractivity contribution in [3.05, 3.63) is 54.7 Å². The second-order valence-electron chi connectivity index (χ2n) is 3.78. The van der Waals surface area contributed by atoms with Crippen molar-refractivity contribution in [3.8, 4) is 17.1 Å². The Kier molecular flexibility index (Phi) is 2.26. The Morgan fingerprint density at radius 3 is 2.65 bits per heavy atom. The molecule has 0 amide bonds. The zero-order valence-corrected chi connectivity index (χ0v) is 9.37. The predicted molar refractivity (Wildman–Crippen MR) is 63.8 cm³/mol. The van der Waals surface area contributed by atoms with E-state index in [4.69, 9.17) is 4.52 Å². The van der Waals surface area contributed by atoms with Gasteiger partial charge in [-0.05, 0) is 24.3 Å². The third-order valence-electron chi connectivity index (χ3n) is 2.53. The molecule has 0 aliphatic rings. The third kappa shape index (κ3) is 1.85. The number of hydrogen-bond acceptors (Lipinski definition) is 3. The smallest absolute Gasteiger partial charge is 0.223 e. The fourth-order valence-corrected chi connectivity index (χ4v) is 1.73. The Balaban J connectivity index is 2.05. The molecule has 2 heterocycles. The van der Waals surface area contributed by atoms with Gasteiger partial charge in [-0.25, -0.2) is 0 Å². The summed E-state index contributed by atoms with van der Waals surface area (Å²) in [5.41, 5.74) is 2.03. The summed E-state index contributed by atoms with van der Waals surface area (Å²) in [5.74, 6) is 1.20. The average molecular weight is 225 g/mol. The second kappa shape index (κ2) is 3.90. The van der Waals surface area contributed by atoms with E-state index in [2.05, 4.69) is 10.1 Å². The van der Waals surface area contributed by atoms with Gasteiger partial charge >= 0.3 is 0 Å². The van der Waals surface area contributed by atoms with Crippen LogP contribution in [0.25, 0.3) is 17.1 Å². The van der Waals surface area contributed by atoms with Crippen molar-refractivity contribution >= 4 is 0 Å². The minimum atomic E-state index is 0.575. The molecule has 0 fully saturated rings. The van der Waals surface area contributed by atoms with Gasteiger partial charge in [-0.15, -0.1) is 0 Å². The number of nitrogens with zero attached hydrogens (tertiary/aromatic N) is 3. The summed E-state index contributed by atoms with van der Waals surface area (Å²) in [7, 11) is 0. The van der Waals surface area contributed by atoms with Gasteiger partial charge < -0.3 is 9.09 Å². The summed E-state index contributed by atoms with van der Waals surface area (Å²) in [6, 6.07) is 12.0. The van der Waals surface area contributed by atoms with E-state index < -0.39 is 0 Å². The van der Waals surface area contributed by atoms with Crippen molar-refractivity contribution in [2.75, 3.05) is 0 Å². The molecular formula is C13H11N3O. The molecule has 0 saturated carbocycles. The summed E-state index contributed by atoms with van der Waals surface area (Å²) in [5, 5.41) is 3.91. The lowest BCUT2D eigenvalue weighted by Crippen LogP contribution is -1.90. The van der Waals surface area contributed by atoms with E-state index in [9.17, 15) is 0 Å². The second-order valence-corrected chi connectivity index (χ2v) is 3.78. The Hall–Kier alpha value is -2.36. The summed E-state index contributed by atoms with van der Waals surface area (Å²) in [6.07, 6.45) is 4.00. The average Bonchev–Trinajstić information content (AvgIpc) is 3.00. The highest BCUT2D eigenvalue weighted by Gasteiger charge is 2.06. The summed E-state index contributed by atoms with van der Waals surface area (Å²) in [4.78, 5) is 4.22. The van der Waals surface area contributed by atoms with Gasteiger partial charge in [0.15, 0.2) is 0 Å². The lowest BCUT2D eigenvalue weighted by Gasteiger charge is -2.03. The Bertz CT molecular complexity index is 626. The van der Waals surface area contributed by atoms with Gasteiger partial charge in [0.2, 0.25) is 11.7 Å². The maximum Gasteiger partial charge on any atom is 0.223 e. The predicted octanol–water partition coefficient (Wildman–Crippen LogP) is 2.84. The maximum atomic E-state index is 4.98. The van der Waals surface area contributed by atoms with Crippen molar-refractivity contribution < 1.29 is 4.52 Å². The van der Waals surface area contributed by atoms with Crippen molar-refractivity contribution in [1.82, 2.24) is 14.7 Å². The van der Waals surface area contributed by atoms with Crippen molar-refractivity contribution in [2.45, 2.75) is 6.92 Å². The lowest BCUT2D eigenvalue weighted by molar-refractivity contribution is 0.394. The van der Waals surface area contributed by atoms with E-state index in [0.717, 1.165) is 11.3 Å². The monoisotopic (exact) mass is 225 g/mol. The van der Waals surface area contributed by atoms with Crippen LogP contribution >= 0.6 is 0 Å². The normalized spacial score (nSPS) is 10.6. The molecule has 0 atom stereocenters. The van der Waals surface area contributed by atoms with E-state index in [1.165, 1.54) is 0 Å². The number of aryl methyl sites for hydroxylation is 1. The third-order valence-corrected chi connectivity index (χ3v) is 2.53. The van der Waals surface area contributed by atoms with Crippen molar-refractivity contribution in [2.24, 2.45) is 0 Å².